The van der Waals surface area contributed by atoms with Gasteiger partial charge in [-0.2, -0.15) is 5.10 Å². The van der Waals surface area contributed by atoms with Crippen molar-refractivity contribution in [1.29, 1.82) is 0 Å². The summed E-state index contributed by atoms with van der Waals surface area (Å²) >= 11 is 0. The van der Waals surface area contributed by atoms with E-state index in [1.165, 1.54) is 6.08 Å². The predicted molar refractivity (Wildman–Crippen MR) is 110 cm³/mol. The third-order valence-electron chi connectivity index (χ3n) is 4.33. The molecule has 3 aromatic rings. The minimum absolute atomic E-state index is 0.176. The Morgan fingerprint density at radius 3 is 2.17 bits per heavy atom. The lowest BCUT2D eigenvalue weighted by Crippen LogP contribution is -1.97. The van der Waals surface area contributed by atoms with Crippen LogP contribution in [0.2, 0.25) is 0 Å². The van der Waals surface area contributed by atoms with Gasteiger partial charge in [0, 0.05) is 17.2 Å². The zero-order valence-corrected chi connectivity index (χ0v) is 16.7. The molecular formula is C22H22N2O5. The number of ketones is 1. The lowest BCUT2D eigenvalue weighted by Gasteiger charge is -2.08. The number of aromatic amines is 1. The summed E-state index contributed by atoms with van der Waals surface area (Å²) < 4.78 is 21.0. The Bertz CT molecular complexity index is 1020. The molecule has 150 valence electrons. The van der Waals surface area contributed by atoms with E-state index in [-0.39, 0.29) is 5.78 Å². The highest BCUT2D eigenvalue weighted by Crippen LogP contribution is 2.31. The Labute approximate surface area is 168 Å². The van der Waals surface area contributed by atoms with Gasteiger partial charge in [0.15, 0.2) is 17.3 Å². The van der Waals surface area contributed by atoms with Gasteiger partial charge in [0.25, 0.3) is 0 Å². The van der Waals surface area contributed by atoms with E-state index in [4.69, 9.17) is 18.9 Å². The number of H-pyrrole nitrogens is 1. The van der Waals surface area contributed by atoms with E-state index in [0.717, 1.165) is 11.3 Å². The van der Waals surface area contributed by atoms with Crippen molar-refractivity contribution in [3.05, 3.63) is 59.8 Å². The summed E-state index contributed by atoms with van der Waals surface area (Å²) in [6.45, 7) is 0. The second-order valence-corrected chi connectivity index (χ2v) is 6.08. The quantitative estimate of drug-likeness (QED) is 0.459. The molecule has 7 heteroatoms. The van der Waals surface area contributed by atoms with Gasteiger partial charge >= 0.3 is 0 Å². The van der Waals surface area contributed by atoms with Crippen molar-refractivity contribution in [3.8, 4) is 34.3 Å². The molecule has 0 aliphatic rings. The first-order chi connectivity index (χ1) is 14.1. The molecule has 0 saturated heterocycles. The molecule has 29 heavy (non-hydrogen) atoms. The molecule has 0 aliphatic heterocycles. The van der Waals surface area contributed by atoms with E-state index < -0.39 is 0 Å². The minimum atomic E-state index is -0.176. The molecule has 0 fully saturated rings. The van der Waals surface area contributed by atoms with Crippen molar-refractivity contribution in [3.63, 3.8) is 0 Å². The van der Waals surface area contributed by atoms with Crippen LogP contribution in [0.1, 0.15) is 16.1 Å². The van der Waals surface area contributed by atoms with E-state index >= 15 is 0 Å². The summed E-state index contributed by atoms with van der Waals surface area (Å²) in [6.07, 6.45) is 3.14. The fraction of sp³-hybridized carbons (Fsp3) is 0.182. The van der Waals surface area contributed by atoms with E-state index in [9.17, 15) is 4.79 Å². The topological polar surface area (TPSA) is 82.7 Å². The van der Waals surface area contributed by atoms with Crippen LogP contribution < -0.4 is 18.9 Å². The van der Waals surface area contributed by atoms with Gasteiger partial charge in [0.05, 0.1) is 39.8 Å². The van der Waals surface area contributed by atoms with Crippen LogP contribution in [0, 0.1) is 0 Å². The van der Waals surface area contributed by atoms with E-state index in [1.807, 2.05) is 24.3 Å². The van der Waals surface area contributed by atoms with Gasteiger partial charge in [-0.05, 0) is 48.6 Å². The van der Waals surface area contributed by atoms with Crippen LogP contribution >= 0.6 is 0 Å². The number of hydrogen-bond acceptors (Lipinski definition) is 6. The zero-order chi connectivity index (χ0) is 20.8. The number of methoxy groups -OCH3 is 4. The summed E-state index contributed by atoms with van der Waals surface area (Å²) in [6, 6.07) is 12.4. The molecule has 0 radical (unpaired) electrons. The minimum Gasteiger partial charge on any atom is -0.497 e. The molecule has 0 bridgehead atoms. The lowest BCUT2D eigenvalue weighted by atomic mass is 10.1. The molecule has 7 nitrogen and oxygen atoms in total. The molecule has 0 unspecified atom stereocenters. The monoisotopic (exact) mass is 394 g/mol. The number of nitrogens with zero attached hydrogens (tertiary/aromatic N) is 1. The highest BCUT2D eigenvalue weighted by molar-refractivity contribution is 6.07. The van der Waals surface area contributed by atoms with Gasteiger partial charge in [0.1, 0.15) is 11.5 Å². The van der Waals surface area contributed by atoms with Crippen LogP contribution in [0.15, 0.2) is 48.5 Å². The first kappa shape index (κ1) is 20.0. The third kappa shape index (κ3) is 4.57. The van der Waals surface area contributed by atoms with Gasteiger partial charge in [-0.25, -0.2) is 0 Å². The Balaban J connectivity index is 1.79. The smallest absolute Gasteiger partial charge is 0.186 e. The van der Waals surface area contributed by atoms with Crippen molar-refractivity contribution < 1.29 is 23.7 Å². The second-order valence-electron chi connectivity index (χ2n) is 6.08. The number of hydrogen-bond donors (Lipinski definition) is 1. The van der Waals surface area contributed by atoms with Crippen LogP contribution in [-0.4, -0.2) is 44.4 Å². The number of carbonyl (C=O) groups is 1. The summed E-state index contributed by atoms with van der Waals surface area (Å²) in [5.74, 6) is 2.19. The normalized spacial score (nSPS) is 10.8. The van der Waals surface area contributed by atoms with Crippen LogP contribution in [0.3, 0.4) is 0 Å². The SMILES string of the molecule is COc1cc(OC)cc(C(=O)C=Cc2cc(-c3ccc(OC)c(OC)c3)n[nH]2)c1. The number of ether oxygens (including phenoxy) is 4. The summed E-state index contributed by atoms with van der Waals surface area (Å²) in [5, 5.41) is 7.21. The predicted octanol–water partition coefficient (Wildman–Crippen LogP) is 4.01. The molecule has 0 aliphatic carbocycles. The lowest BCUT2D eigenvalue weighted by molar-refractivity contribution is 0.104. The fourth-order valence-electron chi connectivity index (χ4n) is 2.78. The summed E-state index contributed by atoms with van der Waals surface area (Å²) in [4.78, 5) is 12.5. The van der Waals surface area contributed by atoms with Gasteiger partial charge in [-0.1, -0.05) is 0 Å². The number of nitrogens with one attached hydrogen (secondary N) is 1. The Morgan fingerprint density at radius 2 is 1.55 bits per heavy atom. The van der Waals surface area contributed by atoms with Crippen LogP contribution in [-0.2, 0) is 0 Å². The maximum atomic E-state index is 12.5. The fourth-order valence-corrected chi connectivity index (χ4v) is 2.78. The number of rotatable bonds is 8. The van der Waals surface area contributed by atoms with Gasteiger partial charge in [-0.15, -0.1) is 0 Å². The maximum Gasteiger partial charge on any atom is 0.186 e. The second kappa shape index (κ2) is 8.97. The average molecular weight is 394 g/mol. The molecule has 0 spiro atoms. The Hall–Kier alpha value is -3.74. The zero-order valence-electron chi connectivity index (χ0n) is 16.7. The summed E-state index contributed by atoms with van der Waals surface area (Å²) in [5.41, 5.74) is 2.75. The molecule has 1 N–H and O–H groups in total. The van der Waals surface area contributed by atoms with Crippen molar-refractivity contribution >= 4 is 11.9 Å². The molecule has 3 rings (SSSR count). The van der Waals surface area contributed by atoms with Crippen molar-refractivity contribution in [2.75, 3.05) is 28.4 Å². The number of aromatic nitrogens is 2. The van der Waals surface area contributed by atoms with Crippen molar-refractivity contribution in [2.24, 2.45) is 0 Å². The molecule has 1 aromatic heterocycles. The summed E-state index contributed by atoms with van der Waals surface area (Å²) in [7, 11) is 6.25. The molecular weight excluding hydrogens is 372 g/mol. The largest absolute Gasteiger partial charge is 0.497 e. The van der Waals surface area contributed by atoms with Gasteiger partial charge < -0.3 is 18.9 Å². The van der Waals surface area contributed by atoms with Gasteiger partial charge in [-0.3, -0.25) is 9.89 Å². The Morgan fingerprint density at radius 1 is 0.862 bits per heavy atom. The average Bonchev–Trinajstić information content (AvgIpc) is 3.25. The van der Waals surface area contributed by atoms with Crippen LogP contribution in [0.5, 0.6) is 23.0 Å². The highest BCUT2D eigenvalue weighted by Gasteiger charge is 2.10. The van der Waals surface area contributed by atoms with Crippen LogP contribution in [0.4, 0.5) is 0 Å². The molecule has 0 amide bonds. The van der Waals surface area contributed by atoms with Crippen LogP contribution in [0.25, 0.3) is 17.3 Å². The molecule has 0 atom stereocenters. The van der Waals surface area contributed by atoms with E-state index in [0.29, 0.717) is 34.3 Å². The third-order valence-corrected chi connectivity index (χ3v) is 4.33. The standard InChI is InChI=1S/C22H22N2O5/c1-26-17-9-15(10-18(13-17)27-2)20(25)7-6-16-12-19(24-23-16)14-5-8-21(28-3)22(11-14)29-4/h5-13H,1-4H3,(H,23,24). The van der Waals surface area contributed by atoms with E-state index in [1.54, 1.807) is 52.7 Å². The number of carbonyl (C=O) groups excluding carboxylic acids is 1. The highest BCUT2D eigenvalue weighted by atomic mass is 16.5. The number of benzene rings is 2. The maximum absolute atomic E-state index is 12.5. The number of allylic oxidation sites excluding steroid dienone is 1. The Kier molecular flexibility index (Phi) is 6.19. The van der Waals surface area contributed by atoms with Crippen molar-refractivity contribution in [1.82, 2.24) is 10.2 Å². The first-order valence-corrected chi connectivity index (χ1v) is 8.81. The molecule has 0 saturated carbocycles. The first-order valence-electron chi connectivity index (χ1n) is 8.81. The van der Waals surface area contributed by atoms with Gasteiger partial charge in [0.2, 0.25) is 0 Å². The molecule has 2 aromatic carbocycles. The van der Waals surface area contributed by atoms with E-state index in [2.05, 4.69) is 10.2 Å². The van der Waals surface area contributed by atoms with Crippen molar-refractivity contribution in [2.45, 2.75) is 0 Å². The molecule has 1 heterocycles.